The first kappa shape index (κ1) is 24.8. The molecule has 0 N–H and O–H groups in total. The summed E-state index contributed by atoms with van der Waals surface area (Å²) in [5.74, 6) is -0.815. The van der Waals surface area contributed by atoms with Gasteiger partial charge in [0.25, 0.3) is 0 Å². The number of methoxy groups -OCH3 is 2. The van der Waals surface area contributed by atoms with E-state index in [4.69, 9.17) is 18.9 Å². The van der Waals surface area contributed by atoms with Gasteiger partial charge in [0.15, 0.2) is 5.41 Å². The van der Waals surface area contributed by atoms with E-state index < -0.39 is 23.0 Å². The summed E-state index contributed by atoms with van der Waals surface area (Å²) >= 11 is 0. The average molecular weight is 463 g/mol. The van der Waals surface area contributed by atoms with E-state index in [1.165, 1.54) is 14.2 Å². The molecular weight excluding hydrogens is 428 g/mol. The number of carbonyl (C=O) groups is 3. The maximum absolute atomic E-state index is 12.6. The zero-order valence-electron chi connectivity index (χ0n) is 20.6. The van der Waals surface area contributed by atoms with Crippen molar-refractivity contribution in [2.45, 2.75) is 71.9 Å². The molecule has 182 valence electrons. The Morgan fingerprint density at radius 3 is 2.12 bits per heavy atom. The van der Waals surface area contributed by atoms with Crippen LogP contribution in [0.15, 0.2) is 0 Å². The van der Waals surface area contributed by atoms with Crippen LogP contribution in [0.3, 0.4) is 0 Å². The molecule has 1 saturated carbocycles. The number of fused-ring (bicyclic) bond motifs is 1. The number of amides is 1. The molecule has 0 saturated heterocycles. The third-order valence-corrected chi connectivity index (χ3v) is 6.14. The van der Waals surface area contributed by atoms with E-state index in [0.717, 1.165) is 29.5 Å². The van der Waals surface area contributed by atoms with E-state index >= 15 is 0 Å². The van der Waals surface area contributed by atoms with Gasteiger partial charge in [-0.1, -0.05) is 0 Å². The number of rotatable bonds is 7. The van der Waals surface area contributed by atoms with Gasteiger partial charge < -0.3 is 23.8 Å². The third-order valence-electron chi connectivity index (χ3n) is 6.14. The van der Waals surface area contributed by atoms with E-state index in [9.17, 15) is 14.4 Å². The van der Waals surface area contributed by atoms with Gasteiger partial charge in [-0.3, -0.25) is 9.59 Å². The maximum Gasteiger partial charge on any atom is 0.410 e. The first-order valence-corrected chi connectivity index (χ1v) is 11.2. The van der Waals surface area contributed by atoms with Gasteiger partial charge in [0.05, 0.1) is 20.8 Å². The first-order chi connectivity index (χ1) is 15.4. The predicted octanol–water partition coefficient (Wildman–Crippen LogP) is 2.91. The number of esters is 2. The van der Waals surface area contributed by atoms with Crippen molar-refractivity contribution in [3.05, 3.63) is 22.4 Å². The second-order valence-electron chi connectivity index (χ2n) is 9.76. The molecule has 0 spiro atoms. The van der Waals surface area contributed by atoms with E-state index in [-0.39, 0.29) is 31.6 Å². The molecule has 2 aliphatic carbocycles. The van der Waals surface area contributed by atoms with Crippen molar-refractivity contribution in [3.8, 4) is 5.88 Å². The molecule has 2 aliphatic rings. The van der Waals surface area contributed by atoms with Crippen LogP contribution in [0.4, 0.5) is 4.79 Å². The summed E-state index contributed by atoms with van der Waals surface area (Å²) in [6.45, 7) is 9.85. The summed E-state index contributed by atoms with van der Waals surface area (Å²) in [6.07, 6.45) is 1.91. The molecule has 0 bridgehead atoms. The van der Waals surface area contributed by atoms with Crippen molar-refractivity contribution >= 4 is 18.0 Å². The van der Waals surface area contributed by atoms with Gasteiger partial charge in [0, 0.05) is 30.1 Å². The number of ether oxygens (including phenoxy) is 4. The monoisotopic (exact) mass is 462 g/mol. The second-order valence-corrected chi connectivity index (χ2v) is 9.76. The van der Waals surface area contributed by atoms with Crippen LogP contribution >= 0.6 is 0 Å². The second kappa shape index (κ2) is 9.19. The lowest BCUT2D eigenvalue weighted by Gasteiger charge is -2.27. The summed E-state index contributed by atoms with van der Waals surface area (Å²) in [6, 6.07) is 0.181. The molecule has 1 fully saturated rings. The van der Waals surface area contributed by atoms with Crippen LogP contribution in [0.1, 0.15) is 56.0 Å². The maximum atomic E-state index is 12.6. The van der Waals surface area contributed by atoms with Gasteiger partial charge in [-0.05, 0) is 58.6 Å². The number of hydrogen-bond acceptors (Lipinski definition) is 8. The topological polar surface area (TPSA) is 104 Å². The van der Waals surface area contributed by atoms with E-state index in [1.54, 1.807) is 4.90 Å². The first-order valence-electron chi connectivity index (χ1n) is 11.2. The molecule has 0 atom stereocenters. The Hall–Kier alpha value is -2.84. The molecule has 1 aromatic rings. The molecule has 1 heterocycles. The van der Waals surface area contributed by atoms with Gasteiger partial charge in [0.2, 0.25) is 5.88 Å². The molecule has 9 heteroatoms. The van der Waals surface area contributed by atoms with E-state index in [2.05, 4.69) is 4.98 Å². The molecule has 0 aromatic carbocycles. The van der Waals surface area contributed by atoms with Crippen molar-refractivity contribution in [2.24, 2.45) is 5.41 Å². The van der Waals surface area contributed by atoms with Crippen molar-refractivity contribution in [2.75, 3.05) is 27.4 Å². The Labute approximate surface area is 194 Å². The zero-order chi connectivity index (χ0) is 24.6. The van der Waals surface area contributed by atoms with Crippen LogP contribution in [-0.2, 0) is 36.6 Å². The largest absolute Gasteiger partial charge is 0.476 e. The lowest BCUT2D eigenvalue weighted by molar-refractivity contribution is -0.168. The smallest absolute Gasteiger partial charge is 0.410 e. The van der Waals surface area contributed by atoms with Crippen molar-refractivity contribution in [1.82, 2.24) is 9.88 Å². The summed E-state index contributed by atoms with van der Waals surface area (Å²) in [4.78, 5) is 44.0. The molecule has 0 unspecified atom stereocenters. The molecule has 1 amide bonds. The minimum Gasteiger partial charge on any atom is -0.476 e. The fraction of sp³-hybridized carbons (Fsp3) is 0.667. The number of aryl methyl sites for hydroxylation is 1. The third kappa shape index (κ3) is 5.07. The lowest BCUT2D eigenvalue weighted by Crippen LogP contribution is -2.42. The Bertz CT molecular complexity index is 931. The van der Waals surface area contributed by atoms with Crippen LogP contribution in [0.5, 0.6) is 5.88 Å². The van der Waals surface area contributed by atoms with Crippen molar-refractivity contribution in [3.63, 3.8) is 0 Å². The fourth-order valence-corrected chi connectivity index (χ4v) is 4.29. The molecule has 3 rings (SSSR count). The van der Waals surface area contributed by atoms with Gasteiger partial charge in [-0.2, -0.15) is 0 Å². The Balaban J connectivity index is 1.76. The molecular formula is C24H34N2O7. The normalized spacial score (nSPS) is 16.6. The molecule has 0 radical (unpaired) electrons. The standard InChI is InChI=1S/C24H34N2O7/c1-14-17-12-24(20(27)30-6,21(28)31-7)13-18(17)15(2)25-19(14)32-11-10-26(16-8-9-16)22(29)33-23(3,4)5/h16H,8-13H2,1-7H3. The summed E-state index contributed by atoms with van der Waals surface area (Å²) in [5.41, 5.74) is 1.16. The highest BCUT2D eigenvalue weighted by atomic mass is 16.6. The lowest BCUT2D eigenvalue weighted by atomic mass is 9.84. The minimum atomic E-state index is -1.42. The molecule has 1 aromatic heterocycles. The Morgan fingerprint density at radius 2 is 1.61 bits per heavy atom. The van der Waals surface area contributed by atoms with Crippen molar-refractivity contribution < 1.29 is 33.3 Å². The number of nitrogens with zero attached hydrogens (tertiary/aromatic N) is 2. The van der Waals surface area contributed by atoms with Gasteiger partial charge in [-0.15, -0.1) is 0 Å². The summed E-state index contributed by atoms with van der Waals surface area (Å²) in [5, 5.41) is 0. The van der Waals surface area contributed by atoms with Gasteiger partial charge in [0.1, 0.15) is 12.2 Å². The highest BCUT2D eigenvalue weighted by Crippen LogP contribution is 2.43. The van der Waals surface area contributed by atoms with Crippen LogP contribution in [0.2, 0.25) is 0 Å². The molecule has 0 aliphatic heterocycles. The fourth-order valence-electron chi connectivity index (χ4n) is 4.29. The summed E-state index contributed by atoms with van der Waals surface area (Å²) in [7, 11) is 2.53. The zero-order valence-corrected chi connectivity index (χ0v) is 20.6. The highest BCUT2D eigenvalue weighted by molar-refractivity contribution is 6.01. The van der Waals surface area contributed by atoms with Crippen LogP contribution < -0.4 is 4.74 Å². The predicted molar refractivity (Wildman–Crippen MR) is 119 cm³/mol. The number of aromatic nitrogens is 1. The van der Waals surface area contributed by atoms with Gasteiger partial charge >= 0.3 is 18.0 Å². The quantitative estimate of drug-likeness (QED) is 0.346. The molecule has 33 heavy (non-hydrogen) atoms. The Kier molecular flexibility index (Phi) is 6.91. The number of hydrogen-bond donors (Lipinski definition) is 0. The van der Waals surface area contributed by atoms with Gasteiger partial charge in [-0.25, -0.2) is 9.78 Å². The number of carbonyl (C=O) groups excluding carboxylic acids is 3. The van der Waals surface area contributed by atoms with Crippen LogP contribution in [-0.4, -0.2) is 66.9 Å². The summed E-state index contributed by atoms with van der Waals surface area (Å²) < 4.78 is 21.4. The SMILES string of the molecule is COC(=O)C1(C(=O)OC)Cc2c(C)nc(OCCN(C(=O)OC(C)(C)C)C3CC3)c(C)c2C1. The minimum absolute atomic E-state index is 0.166. The Morgan fingerprint density at radius 1 is 1.03 bits per heavy atom. The van der Waals surface area contributed by atoms with Crippen LogP contribution in [0.25, 0.3) is 0 Å². The molecule has 9 nitrogen and oxygen atoms in total. The van der Waals surface area contributed by atoms with E-state index in [0.29, 0.717) is 18.1 Å². The van der Waals surface area contributed by atoms with Crippen molar-refractivity contribution in [1.29, 1.82) is 0 Å². The highest BCUT2D eigenvalue weighted by Gasteiger charge is 2.53. The van der Waals surface area contributed by atoms with E-state index in [1.807, 2.05) is 34.6 Å². The average Bonchev–Trinajstić information content (AvgIpc) is 3.49. The number of pyridine rings is 1. The van der Waals surface area contributed by atoms with Crippen LogP contribution in [0, 0.1) is 19.3 Å².